The molecule has 2 rings (SSSR count). The van der Waals surface area contributed by atoms with Gasteiger partial charge < -0.3 is 10.1 Å². The fourth-order valence-electron chi connectivity index (χ4n) is 1.98. The van der Waals surface area contributed by atoms with Gasteiger partial charge in [-0.15, -0.1) is 0 Å². The lowest BCUT2D eigenvalue weighted by atomic mass is 10.1. The molecule has 21 heavy (non-hydrogen) atoms. The summed E-state index contributed by atoms with van der Waals surface area (Å²) in [6, 6.07) is 7.10. The lowest BCUT2D eigenvalue weighted by Gasteiger charge is -2.08. The third kappa shape index (κ3) is 4.95. The number of aromatic nitrogens is 2. The Bertz CT molecular complexity index is 622. The number of rotatable bonds is 8. The molecule has 5 nitrogen and oxygen atoms in total. The van der Waals surface area contributed by atoms with Gasteiger partial charge in [-0.25, -0.2) is 4.98 Å². The summed E-state index contributed by atoms with van der Waals surface area (Å²) in [4.78, 5) is 16.4. The van der Waals surface area contributed by atoms with Crippen LogP contribution in [-0.4, -0.2) is 29.1 Å². The smallest absolute Gasteiger partial charge is 0.258 e. The Hall–Kier alpha value is -1.72. The van der Waals surface area contributed by atoms with Crippen molar-refractivity contribution in [2.45, 2.75) is 26.8 Å². The summed E-state index contributed by atoms with van der Waals surface area (Å²) in [5.41, 5.74) is 1.38. The fraction of sp³-hybridized carbons (Fsp3) is 0.500. The number of hydrogen-bond acceptors (Lipinski definition) is 4. The molecule has 2 aromatic rings. The molecule has 2 aromatic heterocycles. The number of hydrogen-bond donors (Lipinski definition) is 1. The summed E-state index contributed by atoms with van der Waals surface area (Å²) in [5.74, 6) is 0.674. The van der Waals surface area contributed by atoms with Crippen molar-refractivity contribution in [3.05, 3.63) is 46.5 Å². The van der Waals surface area contributed by atoms with Crippen molar-refractivity contribution >= 4 is 5.65 Å². The minimum Gasteiger partial charge on any atom is -0.380 e. The van der Waals surface area contributed by atoms with Gasteiger partial charge in [0.05, 0.1) is 12.3 Å². The molecular weight excluding hydrogens is 266 g/mol. The SMILES string of the molecule is CC(C)CCOCCNCc1cc(=O)n2ccccc2n1. The molecule has 0 saturated carbocycles. The van der Waals surface area contributed by atoms with E-state index in [9.17, 15) is 4.79 Å². The van der Waals surface area contributed by atoms with Crippen LogP contribution in [0.5, 0.6) is 0 Å². The summed E-state index contributed by atoms with van der Waals surface area (Å²) in [5, 5.41) is 3.25. The highest BCUT2D eigenvalue weighted by Crippen LogP contribution is 1.99. The number of nitrogens with one attached hydrogen (secondary N) is 1. The number of nitrogens with zero attached hydrogens (tertiary/aromatic N) is 2. The first kappa shape index (κ1) is 15.7. The minimum atomic E-state index is -0.0504. The maximum Gasteiger partial charge on any atom is 0.258 e. The molecule has 2 heterocycles. The molecule has 114 valence electrons. The van der Waals surface area contributed by atoms with Crippen LogP contribution in [0.25, 0.3) is 5.65 Å². The zero-order valence-corrected chi connectivity index (χ0v) is 12.7. The number of fused-ring (bicyclic) bond motifs is 1. The van der Waals surface area contributed by atoms with E-state index in [2.05, 4.69) is 24.1 Å². The third-order valence-electron chi connectivity index (χ3n) is 3.19. The summed E-state index contributed by atoms with van der Waals surface area (Å²) in [6.07, 6.45) is 2.81. The minimum absolute atomic E-state index is 0.0504. The van der Waals surface area contributed by atoms with Crippen molar-refractivity contribution in [2.24, 2.45) is 5.92 Å². The summed E-state index contributed by atoms with van der Waals surface area (Å²) in [7, 11) is 0. The van der Waals surface area contributed by atoms with Gasteiger partial charge in [-0.2, -0.15) is 0 Å². The fourth-order valence-corrected chi connectivity index (χ4v) is 1.98. The standard InChI is InChI=1S/C16H23N3O2/c1-13(2)6-9-21-10-7-17-12-14-11-16(20)19-8-4-3-5-15(19)18-14/h3-5,8,11,13,17H,6-7,9-10,12H2,1-2H3. The number of ether oxygens (including phenoxy) is 1. The van der Waals surface area contributed by atoms with E-state index in [1.54, 1.807) is 16.7 Å². The first-order chi connectivity index (χ1) is 10.2. The molecular formula is C16H23N3O2. The molecule has 0 amide bonds. The molecule has 0 atom stereocenters. The van der Waals surface area contributed by atoms with Gasteiger partial charge >= 0.3 is 0 Å². The van der Waals surface area contributed by atoms with E-state index in [-0.39, 0.29) is 5.56 Å². The van der Waals surface area contributed by atoms with E-state index in [0.29, 0.717) is 24.7 Å². The molecule has 0 saturated heterocycles. The molecule has 0 spiro atoms. The summed E-state index contributed by atoms with van der Waals surface area (Å²) in [6.45, 7) is 7.19. The van der Waals surface area contributed by atoms with Crippen LogP contribution >= 0.6 is 0 Å². The second kappa shape index (κ2) is 7.90. The molecule has 0 fully saturated rings. The molecule has 0 bridgehead atoms. The largest absolute Gasteiger partial charge is 0.380 e. The Labute approximate surface area is 125 Å². The van der Waals surface area contributed by atoms with E-state index < -0.39 is 0 Å². The normalized spacial score (nSPS) is 11.4. The highest BCUT2D eigenvalue weighted by molar-refractivity contribution is 5.37. The lowest BCUT2D eigenvalue weighted by molar-refractivity contribution is 0.125. The summed E-state index contributed by atoms with van der Waals surface area (Å²) < 4.78 is 7.07. The molecule has 1 N–H and O–H groups in total. The van der Waals surface area contributed by atoms with Crippen molar-refractivity contribution in [1.29, 1.82) is 0 Å². The molecule has 0 aliphatic heterocycles. The predicted molar refractivity (Wildman–Crippen MR) is 83.4 cm³/mol. The molecule has 0 aliphatic carbocycles. The zero-order chi connectivity index (χ0) is 15.1. The van der Waals surface area contributed by atoms with Crippen LogP contribution in [0.15, 0.2) is 35.3 Å². The highest BCUT2D eigenvalue weighted by atomic mass is 16.5. The average molecular weight is 289 g/mol. The summed E-state index contributed by atoms with van der Waals surface area (Å²) >= 11 is 0. The Morgan fingerprint density at radius 2 is 2.19 bits per heavy atom. The Morgan fingerprint density at radius 3 is 3.00 bits per heavy atom. The Morgan fingerprint density at radius 1 is 1.33 bits per heavy atom. The van der Waals surface area contributed by atoms with Crippen LogP contribution in [0, 0.1) is 5.92 Å². The van der Waals surface area contributed by atoms with Crippen molar-refractivity contribution < 1.29 is 4.74 Å². The van der Waals surface area contributed by atoms with Crippen LogP contribution in [0.4, 0.5) is 0 Å². The van der Waals surface area contributed by atoms with Gasteiger partial charge in [0, 0.05) is 32.0 Å². The number of pyridine rings is 1. The maximum absolute atomic E-state index is 11.9. The average Bonchev–Trinajstić information content (AvgIpc) is 2.46. The van der Waals surface area contributed by atoms with Crippen molar-refractivity contribution in [1.82, 2.24) is 14.7 Å². The third-order valence-corrected chi connectivity index (χ3v) is 3.19. The monoisotopic (exact) mass is 289 g/mol. The molecule has 0 aliphatic rings. The molecule has 0 aromatic carbocycles. The van der Waals surface area contributed by atoms with E-state index >= 15 is 0 Å². The zero-order valence-electron chi connectivity index (χ0n) is 12.7. The maximum atomic E-state index is 11.9. The van der Waals surface area contributed by atoms with Crippen molar-refractivity contribution in [2.75, 3.05) is 19.8 Å². The Balaban J connectivity index is 1.78. The van der Waals surface area contributed by atoms with Crippen LogP contribution < -0.4 is 10.9 Å². The van der Waals surface area contributed by atoms with E-state index in [4.69, 9.17) is 4.74 Å². The van der Waals surface area contributed by atoms with Gasteiger partial charge in [-0.05, 0) is 24.5 Å². The van der Waals surface area contributed by atoms with Gasteiger partial charge in [0.1, 0.15) is 5.65 Å². The van der Waals surface area contributed by atoms with E-state index in [1.165, 1.54) is 0 Å². The predicted octanol–water partition coefficient (Wildman–Crippen LogP) is 1.85. The molecule has 0 radical (unpaired) electrons. The van der Waals surface area contributed by atoms with Crippen LogP contribution in [-0.2, 0) is 11.3 Å². The first-order valence-corrected chi connectivity index (χ1v) is 7.42. The topological polar surface area (TPSA) is 55.6 Å². The van der Waals surface area contributed by atoms with Crippen LogP contribution in [0.3, 0.4) is 0 Å². The van der Waals surface area contributed by atoms with Gasteiger partial charge in [-0.3, -0.25) is 9.20 Å². The highest BCUT2D eigenvalue weighted by Gasteiger charge is 2.01. The van der Waals surface area contributed by atoms with Crippen LogP contribution in [0.1, 0.15) is 26.0 Å². The quantitative estimate of drug-likeness (QED) is 0.754. The van der Waals surface area contributed by atoms with Gasteiger partial charge in [0.2, 0.25) is 0 Å². The second-order valence-corrected chi connectivity index (χ2v) is 5.49. The van der Waals surface area contributed by atoms with Gasteiger partial charge in [-0.1, -0.05) is 19.9 Å². The van der Waals surface area contributed by atoms with Gasteiger partial charge in [0.25, 0.3) is 5.56 Å². The van der Waals surface area contributed by atoms with Crippen molar-refractivity contribution in [3.63, 3.8) is 0 Å². The van der Waals surface area contributed by atoms with Crippen molar-refractivity contribution in [3.8, 4) is 0 Å². The Kier molecular flexibility index (Phi) is 5.90. The second-order valence-electron chi connectivity index (χ2n) is 5.49. The first-order valence-electron chi connectivity index (χ1n) is 7.42. The molecule has 5 heteroatoms. The van der Waals surface area contributed by atoms with E-state index in [1.807, 2.05) is 18.2 Å². The van der Waals surface area contributed by atoms with Crippen LogP contribution in [0.2, 0.25) is 0 Å². The lowest BCUT2D eigenvalue weighted by Crippen LogP contribution is -2.23. The molecule has 0 unspecified atom stereocenters. The van der Waals surface area contributed by atoms with E-state index in [0.717, 1.165) is 25.3 Å². The van der Waals surface area contributed by atoms with Gasteiger partial charge in [0.15, 0.2) is 0 Å².